The minimum absolute atomic E-state index is 0.122. The third-order valence-corrected chi connectivity index (χ3v) is 12.2. The zero-order chi connectivity index (χ0) is 23.6. The summed E-state index contributed by atoms with van der Waals surface area (Å²) in [5.74, 6) is -0.684. The first-order valence-electron chi connectivity index (χ1n) is 11.3. The van der Waals surface area contributed by atoms with E-state index < -0.39 is 14.1 Å². The largest absolute Gasteiger partial charge is 0.414 e. The molecule has 0 bridgehead atoms. The highest BCUT2D eigenvalue weighted by Crippen LogP contribution is 2.45. The Balaban J connectivity index is 1.46. The van der Waals surface area contributed by atoms with E-state index in [1.807, 2.05) is 36.1 Å². The fraction of sp³-hybridized carbons (Fsp3) is 0.609. The van der Waals surface area contributed by atoms with Gasteiger partial charge in [0.1, 0.15) is 41.0 Å². The van der Waals surface area contributed by atoms with Crippen LogP contribution in [0.15, 0.2) is 30.2 Å². The molecule has 33 heavy (non-hydrogen) atoms. The van der Waals surface area contributed by atoms with Crippen LogP contribution in [0.5, 0.6) is 0 Å². The van der Waals surface area contributed by atoms with Gasteiger partial charge in [-0.25, -0.2) is 15.0 Å². The van der Waals surface area contributed by atoms with E-state index in [2.05, 4.69) is 48.8 Å². The maximum Gasteiger partial charge on any atom is 0.192 e. The molecule has 0 amide bonds. The smallest absolute Gasteiger partial charge is 0.192 e. The van der Waals surface area contributed by atoms with E-state index in [0.29, 0.717) is 6.61 Å². The van der Waals surface area contributed by atoms with Gasteiger partial charge in [-0.1, -0.05) is 20.8 Å². The van der Waals surface area contributed by atoms with Crippen LogP contribution in [-0.2, 0) is 18.6 Å². The van der Waals surface area contributed by atoms with E-state index >= 15 is 0 Å². The molecule has 178 valence electrons. The molecule has 4 atom stereocenters. The van der Waals surface area contributed by atoms with Gasteiger partial charge in [0.25, 0.3) is 0 Å². The second-order valence-corrected chi connectivity index (χ2v) is 16.4. The Kier molecular flexibility index (Phi) is 5.54. The predicted molar refractivity (Wildman–Crippen MR) is 130 cm³/mol. The highest BCUT2D eigenvalue weighted by Gasteiger charge is 2.56. The second kappa shape index (κ2) is 7.93. The van der Waals surface area contributed by atoms with E-state index in [-0.39, 0.29) is 29.6 Å². The third kappa shape index (κ3) is 4.06. The Bertz CT molecular complexity index is 1140. The summed E-state index contributed by atoms with van der Waals surface area (Å²) in [6.07, 6.45) is 4.28. The van der Waals surface area contributed by atoms with Gasteiger partial charge in [-0.2, -0.15) is 0 Å². The normalized spacial score (nSPS) is 27.4. The van der Waals surface area contributed by atoms with Gasteiger partial charge in [0, 0.05) is 23.2 Å². The maximum absolute atomic E-state index is 6.55. The molecule has 10 heteroatoms. The van der Waals surface area contributed by atoms with Crippen molar-refractivity contribution in [2.45, 2.75) is 83.1 Å². The number of aromatic nitrogens is 4. The van der Waals surface area contributed by atoms with Gasteiger partial charge in [-0.3, -0.25) is 0 Å². The highest BCUT2D eigenvalue weighted by atomic mass is 32.1. The summed E-state index contributed by atoms with van der Waals surface area (Å²) in [6, 6.07) is 2.02. The van der Waals surface area contributed by atoms with Gasteiger partial charge in [0.15, 0.2) is 20.3 Å². The zero-order valence-electron chi connectivity index (χ0n) is 20.2. The quantitative estimate of drug-likeness (QED) is 0.468. The standard InChI is InChI=1S/C23H32N4O4SSi/c1-22(2,3)33(6,7)28-12-15-17-18(31-23(4,5)30-17)21(29-15)27-10-8-14-16(20-24-9-11-32-20)25-13-26-19(14)27/h8-11,13,15,17-18,21H,12H2,1-7H3/t15-,17-,18-,21-/m1/s1. The monoisotopic (exact) mass is 488 g/mol. The Morgan fingerprint density at radius 1 is 1.15 bits per heavy atom. The lowest BCUT2D eigenvalue weighted by Crippen LogP contribution is -2.44. The summed E-state index contributed by atoms with van der Waals surface area (Å²) in [6.45, 7) is 15.6. The second-order valence-electron chi connectivity index (χ2n) is 10.7. The maximum atomic E-state index is 6.55. The SMILES string of the molecule is CC1(C)O[C@@H]2[C@H](O1)[C@@H](CO[Si](C)(C)C(C)(C)C)O[C@H]2n1ccc2c(-c3nccs3)ncnc21. The van der Waals surface area contributed by atoms with Crippen molar-refractivity contribution in [2.24, 2.45) is 0 Å². The fourth-order valence-electron chi connectivity index (χ4n) is 4.21. The number of rotatable bonds is 5. The lowest BCUT2D eigenvalue weighted by Gasteiger charge is -2.37. The lowest BCUT2D eigenvalue weighted by molar-refractivity contribution is -0.199. The van der Waals surface area contributed by atoms with Gasteiger partial charge in [0.2, 0.25) is 0 Å². The van der Waals surface area contributed by atoms with Crippen LogP contribution < -0.4 is 0 Å². The Morgan fingerprint density at radius 2 is 1.91 bits per heavy atom. The van der Waals surface area contributed by atoms with Crippen molar-refractivity contribution in [1.29, 1.82) is 0 Å². The summed E-state index contributed by atoms with van der Waals surface area (Å²) in [4.78, 5) is 13.5. The molecule has 0 spiro atoms. The van der Waals surface area contributed by atoms with Crippen LogP contribution in [0.4, 0.5) is 0 Å². The summed E-state index contributed by atoms with van der Waals surface area (Å²) in [7, 11) is -1.93. The molecule has 8 nitrogen and oxygen atoms in total. The van der Waals surface area contributed by atoms with E-state index in [1.54, 1.807) is 23.9 Å². The Hall–Kier alpha value is -1.69. The minimum atomic E-state index is -1.93. The molecule has 0 N–H and O–H groups in total. The van der Waals surface area contributed by atoms with Crippen molar-refractivity contribution in [3.8, 4) is 10.7 Å². The van der Waals surface area contributed by atoms with Crippen LogP contribution in [0.2, 0.25) is 18.1 Å². The number of hydrogen-bond donors (Lipinski definition) is 0. The molecule has 2 aliphatic rings. The predicted octanol–water partition coefficient (Wildman–Crippen LogP) is 4.99. The van der Waals surface area contributed by atoms with E-state index in [4.69, 9.17) is 18.6 Å². The molecule has 2 saturated heterocycles. The highest BCUT2D eigenvalue weighted by molar-refractivity contribution is 7.13. The first-order chi connectivity index (χ1) is 15.5. The summed E-state index contributed by atoms with van der Waals surface area (Å²) < 4.78 is 27.7. The number of fused-ring (bicyclic) bond motifs is 2. The average Bonchev–Trinajstić information content (AvgIpc) is 3.48. The van der Waals surface area contributed by atoms with Crippen molar-refractivity contribution < 1.29 is 18.6 Å². The molecule has 2 aliphatic heterocycles. The van der Waals surface area contributed by atoms with Crippen LogP contribution in [-0.4, -0.2) is 58.5 Å². The van der Waals surface area contributed by atoms with Crippen molar-refractivity contribution in [2.75, 3.05) is 6.61 Å². The van der Waals surface area contributed by atoms with Crippen molar-refractivity contribution in [1.82, 2.24) is 19.5 Å². The lowest BCUT2D eigenvalue weighted by atomic mass is 10.1. The molecule has 5 heterocycles. The first kappa shape index (κ1) is 23.1. The third-order valence-electron chi connectivity index (χ3n) is 6.96. The zero-order valence-corrected chi connectivity index (χ0v) is 22.0. The van der Waals surface area contributed by atoms with Crippen LogP contribution in [0, 0.1) is 0 Å². The van der Waals surface area contributed by atoms with Gasteiger partial charge < -0.3 is 23.2 Å². The van der Waals surface area contributed by atoms with Crippen LogP contribution >= 0.6 is 11.3 Å². The molecule has 0 unspecified atom stereocenters. The van der Waals surface area contributed by atoms with Crippen molar-refractivity contribution in [3.05, 3.63) is 30.2 Å². The molecule has 0 aliphatic carbocycles. The van der Waals surface area contributed by atoms with Crippen LogP contribution in [0.25, 0.3) is 21.7 Å². The number of nitrogens with zero attached hydrogens (tertiary/aromatic N) is 4. The molecule has 0 saturated carbocycles. The van der Waals surface area contributed by atoms with Crippen molar-refractivity contribution in [3.63, 3.8) is 0 Å². The first-order valence-corrected chi connectivity index (χ1v) is 15.1. The summed E-state index contributed by atoms with van der Waals surface area (Å²) in [5, 5.41) is 3.87. The van der Waals surface area contributed by atoms with E-state index in [9.17, 15) is 0 Å². The number of hydrogen-bond acceptors (Lipinski definition) is 8. The Labute approximate surface area is 199 Å². The van der Waals surface area contributed by atoms with Crippen molar-refractivity contribution >= 4 is 30.7 Å². The van der Waals surface area contributed by atoms with Gasteiger partial charge >= 0.3 is 0 Å². The van der Waals surface area contributed by atoms with Gasteiger partial charge in [-0.05, 0) is 38.0 Å². The van der Waals surface area contributed by atoms with E-state index in [1.165, 1.54) is 0 Å². The Morgan fingerprint density at radius 3 is 2.61 bits per heavy atom. The van der Waals surface area contributed by atoms with Crippen LogP contribution in [0.3, 0.4) is 0 Å². The van der Waals surface area contributed by atoms with E-state index in [0.717, 1.165) is 21.7 Å². The molecule has 5 rings (SSSR count). The molecule has 3 aromatic heterocycles. The molecule has 3 aromatic rings. The minimum Gasteiger partial charge on any atom is -0.414 e. The summed E-state index contributed by atoms with van der Waals surface area (Å²) in [5.41, 5.74) is 1.61. The number of ether oxygens (including phenoxy) is 3. The molecule has 0 radical (unpaired) electrons. The van der Waals surface area contributed by atoms with Gasteiger partial charge in [-0.15, -0.1) is 11.3 Å². The molecular formula is C23H32N4O4SSi. The number of thiazole rings is 1. The molecule has 2 fully saturated rings. The molecular weight excluding hydrogens is 456 g/mol. The summed E-state index contributed by atoms with van der Waals surface area (Å²) >= 11 is 1.56. The van der Waals surface area contributed by atoms with Crippen LogP contribution in [0.1, 0.15) is 40.8 Å². The van der Waals surface area contributed by atoms with Gasteiger partial charge in [0.05, 0.1) is 6.61 Å². The topological polar surface area (TPSA) is 80.5 Å². The fourth-order valence-corrected chi connectivity index (χ4v) is 5.87. The average molecular weight is 489 g/mol. The molecule has 0 aromatic carbocycles.